The van der Waals surface area contributed by atoms with Crippen LogP contribution in [-0.4, -0.2) is 41.6 Å². The predicted molar refractivity (Wildman–Crippen MR) is 119 cm³/mol. The van der Waals surface area contributed by atoms with Crippen molar-refractivity contribution in [3.8, 4) is 11.1 Å². The third-order valence-corrected chi connectivity index (χ3v) is 7.08. The summed E-state index contributed by atoms with van der Waals surface area (Å²) in [4.78, 5) is 40.2. The summed E-state index contributed by atoms with van der Waals surface area (Å²) in [5.74, 6) is 0.315. The van der Waals surface area contributed by atoms with Crippen molar-refractivity contribution < 1.29 is 14.4 Å². The highest BCUT2D eigenvalue weighted by Crippen LogP contribution is 2.37. The maximum absolute atomic E-state index is 13.1. The quantitative estimate of drug-likeness (QED) is 0.696. The van der Waals surface area contributed by atoms with Gasteiger partial charge in [0.05, 0.1) is 0 Å². The minimum Gasteiger partial charge on any atom is -0.353 e. The first kappa shape index (κ1) is 20.0. The van der Waals surface area contributed by atoms with Crippen LogP contribution in [0.5, 0.6) is 0 Å². The van der Waals surface area contributed by atoms with Crippen molar-refractivity contribution in [1.29, 1.82) is 0 Å². The van der Waals surface area contributed by atoms with E-state index in [1.54, 1.807) is 6.07 Å². The van der Waals surface area contributed by atoms with Crippen molar-refractivity contribution in [1.82, 2.24) is 10.2 Å². The van der Waals surface area contributed by atoms with Gasteiger partial charge in [0, 0.05) is 41.7 Å². The van der Waals surface area contributed by atoms with Gasteiger partial charge in [-0.2, -0.15) is 0 Å². The van der Waals surface area contributed by atoms with Crippen LogP contribution in [0.2, 0.25) is 0 Å². The molecule has 0 radical (unpaired) electrons. The van der Waals surface area contributed by atoms with E-state index in [2.05, 4.69) is 5.32 Å². The van der Waals surface area contributed by atoms with Crippen LogP contribution in [0.25, 0.3) is 11.1 Å². The zero-order valence-electron chi connectivity index (χ0n) is 17.7. The first-order chi connectivity index (χ1) is 15.1. The minimum absolute atomic E-state index is 0.00983. The van der Waals surface area contributed by atoms with Crippen LogP contribution in [0.1, 0.15) is 71.2 Å². The third-order valence-electron chi connectivity index (χ3n) is 7.08. The van der Waals surface area contributed by atoms with Gasteiger partial charge in [-0.05, 0) is 48.9 Å². The SMILES string of the molecule is O=C1c2ccccc2-c2ccc(C(=O)N3CCC(NC(=O)C4CCCCC4)CC3)cc21. The van der Waals surface area contributed by atoms with E-state index < -0.39 is 0 Å². The van der Waals surface area contributed by atoms with Gasteiger partial charge >= 0.3 is 0 Å². The fourth-order valence-electron chi connectivity index (χ4n) is 5.25. The summed E-state index contributed by atoms with van der Waals surface area (Å²) in [6.45, 7) is 1.25. The van der Waals surface area contributed by atoms with Crippen molar-refractivity contribution in [2.24, 2.45) is 5.92 Å². The molecule has 2 aromatic carbocycles. The van der Waals surface area contributed by atoms with Gasteiger partial charge in [-0.3, -0.25) is 14.4 Å². The number of carbonyl (C=O) groups excluding carboxylic acids is 3. The number of likely N-dealkylation sites (tertiary alicyclic amines) is 1. The van der Waals surface area contributed by atoms with Gasteiger partial charge < -0.3 is 10.2 Å². The van der Waals surface area contributed by atoms with Crippen molar-refractivity contribution in [2.45, 2.75) is 51.0 Å². The molecule has 5 heteroatoms. The van der Waals surface area contributed by atoms with E-state index in [1.165, 1.54) is 6.42 Å². The number of hydrogen-bond donors (Lipinski definition) is 1. The van der Waals surface area contributed by atoms with E-state index in [1.807, 2.05) is 41.3 Å². The maximum atomic E-state index is 13.1. The number of carbonyl (C=O) groups is 3. The first-order valence-electron chi connectivity index (χ1n) is 11.5. The highest BCUT2D eigenvalue weighted by Gasteiger charge is 2.30. The molecule has 1 saturated carbocycles. The summed E-state index contributed by atoms with van der Waals surface area (Å²) in [5, 5.41) is 3.22. The number of nitrogens with one attached hydrogen (secondary N) is 1. The largest absolute Gasteiger partial charge is 0.353 e. The lowest BCUT2D eigenvalue weighted by molar-refractivity contribution is -0.126. The molecule has 0 atom stereocenters. The lowest BCUT2D eigenvalue weighted by Crippen LogP contribution is -2.48. The van der Waals surface area contributed by atoms with Gasteiger partial charge in [0.1, 0.15) is 0 Å². The van der Waals surface area contributed by atoms with E-state index in [4.69, 9.17) is 0 Å². The van der Waals surface area contributed by atoms with Crippen molar-refractivity contribution in [3.63, 3.8) is 0 Å². The standard InChI is InChI=1S/C26H28N2O3/c29-24-22-9-5-4-8-20(22)21-11-10-18(16-23(21)24)26(31)28-14-12-19(13-15-28)27-25(30)17-6-2-1-3-7-17/h4-5,8-11,16-17,19H,1-3,6-7,12-15H2,(H,27,30). The van der Waals surface area contributed by atoms with Gasteiger partial charge in [0.15, 0.2) is 5.78 Å². The molecule has 1 aliphatic heterocycles. The number of amides is 2. The minimum atomic E-state index is -0.0383. The van der Waals surface area contributed by atoms with Crippen molar-refractivity contribution >= 4 is 17.6 Å². The maximum Gasteiger partial charge on any atom is 0.253 e. The normalized spacial score (nSPS) is 19.1. The van der Waals surface area contributed by atoms with Gasteiger partial charge in [0.2, 0.25) is 5.91 Å². The number of hydrogen-bond acceptors (Lipinski definition) is 3. The Bertz CT molecular complexity index is 1030. The molecule has 0 spiro atoms. The first-order valence-corrected chi connectivity index (χ1v) is 11.5. The Balaban J connectivity index is 1.21. The molecule has 0 aromatic heterocycles. The number of nitrogens with zero attached hydrogens (tertiary/aromatic N) is 1. The van der Waals surface area contributed by atoms with Gasteiger partial charge in [-0.1, -0.05) is 49.6 Å². The molecule has 1 N–H and O–H groups in total. The fourth-order valence-corrected chi connectivity index (χ4v) is 5.25. The number of rotatable bonds is 3. The predicted octanol–water partition coefficient (Wildman–Crippen LogP) is 4.20. The Kier molecular flexibility index (Phi) is 5.34. The zero-order chi connectivity index (χ0) is 21.4. The van der Waals surface area contributed by atoms with Crippen LogP contribution in [0.3, 0.4) is 0 Å². The molecular weight excluding hydrogens is 388 g/mol. The van der Waals surface area contributed by atoms with Crippen molar-refractivity contribution in [2.75, 3.05) is 13.1 Å². The Morgan fingerprint density at radius 2 is 1.48 bits per heavy atom. The van der Waals surface area contributed by atoms with Crippen LogP contribution in [0.4, 0.5) is 0 Å². The van der Waals surface area contributed by atoms with E-state index >= 15 is 0 Å². The number of ketones is 1. The summed E-state index contributed by atoms with van der Waals surface area (Å²) in [7, 11) is 0. The lowest BCUT2D eigenvalue weighted by Gasteiger charge is -2.33. The zero-order valence-corrected chi connectivity index (χ0v) is 17.7. The van der Waals surface area contributed by atoms with Crippen LogP contribution in [0.15, 0.2) is 42.5 Å². The molecule has 1 heterocycles. The summed E-state index contributed by atoms with van der Waals surface area (Å²) in [6.07, 6.45) is 7.11. The average molecular weight is 417 g/mol. The van der Waals surface area contributed by atoms with E-state index in [-0.39, 0.29) is 29.6 Å². The van der Waals surface area contributed by atoms with Crippen LogP contribution in [-0.2, 0) is 4.79 Å². The monoisotopic (exact) mass is 416 g/mol. The molecule has 0 bridgehead atoms. The second kappa shape index (κ2) is 8.29. The molecule has 3 aliphatic rings. The van der Waals surface area contributed by atoms with Crippen LogP contribution < -0.4 is 5.32 Å². The highest BCUT2D eigenvalue weighted by atomic mass is 16.2. The molecule has 31 heavy (non-hydrogen) atoms. The van der Waals surface area contributed by atoms with Gasteiger partial charge in [-0.15, -0.1) is 0 Å². The van der Waals surface area contributed by atoms with E-state index in [9.17, 15) is 14.4 Å². The molecule has 1 saturated heterocycles. The second-order valence-corrected chi connectivity index (χ2v) is 9.05. The Labute approximate surface area is 182 Å². The number of piperidine rings is 1. The van der Waals surface area contributed by atoms with Crippen LogP contribution in [0, 0.1) is 5.92 Å². The molecule has 2 aliphatic carbocycles. The van der Waals surface area contributed by atoms with E-state index in [0.717, 1.165) is 49.7 Å². The van der Waals surface area contributed by atoms with Crippen molar-refractivity contribution in [3.05, 3.63) is 59.2 Å². The molecule has 2 aromatic rings. The molecule has 0 unspecified atom stereocenters. The van der Waals surface area contributed by atoms with E-state index in [0.29, 0.717) is 29.8 Å². The molecular formula is C26H28N2O3. The second-order valence-electron chi connectivity index (χ2n) is 9.05. The Hall–Kier alpha value is -2.95. The summed E-state index contributed by atoms with van der Waals surface area (Å²) in [6, 6.07) is 13.2. The number of fused-ring (bicyclic) bond motifs is 3. The summed E-state index contributed by atoms with van der Waals surface area (Å²) >= 11 is 0. The lowest BCUT2D eigenvalue weighted by atomic mass is 9.88. The molecule has 5 rings (SSSR count). The molecule has 5 nitrogen and oxygen atoms in total. The smallest absolute Gasteiger partial charge is 0.253 e. The van der Waals surface area contributed by atoms with Gasteiger partial charge in [-0.25, -0.2) is 0 Å². The molecule has 2 fully saturated rings. The number of benzene rings is 2. The Morgan fingerprint density at radius 3 is 2.23 bits per heavy atom. The third kappa shape index (κ3) is 3.78. The molecule has 2 amide bonds. The summed E-state index contributed by atoms with van der Waals surface area (Å²) < 4.78 is 0. The highest BCUT2D eigenvalue weighted by molar-refractivity contribution is 6.22. The summed E-state index contributed by atoms with van der Waals surface area (Å²) in [5.41, 5.74) is 3.72. The molecule has 160 valence electrons. The Morgan fingerprint density at radius 1 is 0.806 bits per heavy atom. The van der Waals surface area contributed by atoms with Gasteiger partial charge in [0.25, 0.3) is 5.91 Å². The topological polar surface area (TPSA) is 66.5 Å². The average Bonchev–Trinajstić information content (AvgIpc) is 3.11. The fraction of sp³-hybridized carbons (Fsp3) is 0.423. The van der Waals surface area contributed by atoms with Crippen LogP contribution >= 0.6 is 0 Å².